The van der Waals surface area contributed by atoms with Crippen LogP contribution >= 0.6 is 11.6 Å². The van der Waals surface area contributed by atoms with Crippen molar-refractivity contribution >= 4 is 17.5 Å². The molecule has 30 heavy (non-hydrogen) atoms. The lowest BCUT2D eigenvalue weighted by molar-refractivity contribution is 0.0941. The largest absolute Gasteiger partial charge is 0.350 e. The zero-order chi connectivity index (χ0) is 21.8. The van der Waals surface area contributed by atoms with Crippen LogP contribution in [-0.2, 0) is 6.54 Å². The molecule has 0 aliphatic rings. The van der Waals surface area contributed by atoms with E-state index in [2.05, 4.69) is 10.4 Å². The first-order valence-corrected chi connectivity index (χ1v) is 10.1. The number of rotatable bonds is 7. The zero-order valence-corrected chi connectivity index (χ0v) is 18.4. The number of aromatic nitrogens is 2. The van der Waals surface area contributed by atoms with E-state index in [1.807, 2.05) is 50.2 Å². The highest BCUT2D eigenvalue weighted by Gasteiger charge is 2.22. The fraction of sp³-hybridized carbons (Fsp3) is 0.304. The molecule has 2 aromatic carbocycles. The lowest BCUT2D eigenvalue weighted by atomic mass is 10.1. The Morgan fingerprint density at radius 2 is 1.77 bits per heavy atom. The van der Waals surface area contributed by atoms with Crippen molar-refractivity contribution in [1.29, 1.82) is 0 Å². The first kappa shape index (κ1) is 22.0. The molecule has 0 saturated carbocycles. The number of carbonyl (C=O) groups is 1. The Bertz CT molecular complexity index is 1010. The Morgan fingerprint density at radius 3 is 2.37 bits per heavy atom. The number of halogens is 2. The highest BCUT2D eigenvalue weighted by Crippen LogP contribution is 2.22. The molecular formula is C23H26ClFN4O. The maximum absolute atomic E-state index is 13.2. The first-order valence-electron chi connectivity index (χ1n) is 9.74. The predicted molar refractivity (Wildman–Crippen MR) is 117 cm³/mol. The molecule has 0 bridgehead atoms. The van der Waals surface area contributed by atoms with E-state index < -0.39 is 0 Å². The molecule has 1 atom stereocenters. The van der Waals surface area contributed by atoms with Crippen molar-refractivity contribution in [2.24, 2.45) is 0 Å². The normalized spacial score (nSPS) is 12.2. The molecule has 5 nitrogen and oxygen atoms in total. The number of carbonyl (C=O) groups excluding carboxylic acids is 1. The Hall–Kier alpha value is -2.70. The van der Waals surface area contributed by atoms with Gasteiger partial charge in [0.15, 0.2) is 0 Å². The monoisotopic (exact) mass is 428 g/mol. The van der Waals surface area contributed by atoms with Gasteiger partial charge in [-0.1, -0.05) is 53.6 Å². The molecule has 1 amide bonds. The summed E-state index contributed by atoms with van der Waals surface area (Å²) in [6.07, 6.45) is 0. The summed E-state index contributed by atoms with van der Waals surface area (Å²) in [5.74, 6) is -0.565. The molecule has 1 aromatic heterocycles. The quantitative estimate of drug-likeness (QED) is 0.607. The summed E-state index contributed by atoms with van der Waals surface area (Å²) in [7, 11) is 3.83. The van der Waals surface area contributed by atoms with Crippen molar-refractivity contribution in [1.82, 2.24) is 20.0 Å². The highest BCUT2D eigenvalue weighted by molar-refractivity contribution is 6.33. The van der Waals surface area contributed by atoms with E-state index in [-0.39, 0.29) is 17.8 Å². The molecule has 1 unspecified atom stereocenters. The number of benzene rings is 2. The molecule has 0 saturated heterocycles. The van der Waals surface area contributed by atoms with Gasteiger partial charge < -0.3 is 10.2 Å². The van der Waals surface area contributed by atoms with E-state index in [9.17, 15) is 9.18 Å². The van der Waals surface area contributed by atoms with E-state index in [4.69, 9.17) is 11.6 Å². The summed E-state index contributed by atoms with van der Waals surface area (Å²) in [6.45, 7) is 4.65. The smallest absolute Gasteiger partial charge is 0.256 e. The van der Waals surface area contributed by atoms with Gasteiger partial charge in [-0.15, -0.1) is 0 Å². The minimum Gasteiger partial charge on any atom is -0.350 e. The Kier molecular flexibility index (Phi) is 6.90. The number of nitrogens with zero attached hydrogens (tertiary/aromatic N) is 3. The second-order valence-electron chi connectivity index (χ2n) is 7.64. The zero-order valence-electron chi connectivity index (χ0n) is 17.6. The third-order valence-corrected chi connectivity index (χ3v) is 5.46. The lowest BCUT2D eigenvalue weighted by Crippen LogP contribution is -2.34. The van der Waals surface area contributed by atoms with Gasteiger partial charge in [0.25, 0.3) is 5.91 Å². The van der Waals surface area contributed by atoms with E-state index in [0.717, 1.165) is 11.1 Å². The minimum absolute atomic E-state index is 0.101. The molecule has 158 valence electrons. The van der Waals surface area contributed by atoms with Crippen LogP contribution in [0.2, 0.25) is 5.15 Å². The van der Waals surface area contributed by atoms with Crippen LogP contribution in [0.25, 0.3) is 0 Å². The van der Waals surface area contributed by atoms with Gasteiger partial charge in [-0.05, 0) is 51.2 Å². The Balaban J connectivity index is 1.73. The maximum atomic E-state index is 13.2. The van der Waals surface area contributed by atoms with Crippen molar-refractivity contribution in [3.63, 3.8) is 0 Å². The van der Waals surface area contributed by atoms with Gasteiger partial charge in [0.05, 0.1) is 23.8 Å². The number of hydrogen-bond donors (Lipinski definition) is 1. The number of hydrogen-bond acceptors (Lipinski definition) is 3. The molecule has 0 aliphatic carbocycles. The molecule has 3 rings (SSSR count). The van der Waals surface area contributed by atoms with Crippen LogP contribution in [0.3, 0.4) is 0 Å². The molecule has 1 N–H and O–H groups in total. The lowest BCUT2D eigenvalue weighted by Gasteiger charge is -2.25. The summed E-state index contributed by atoms with van der Waals surface area (Å²) in [4.78, 5) is 14.9. The topological polar surface area (TPSA) is 50.2 Å². The van der Waals surface area contributed by atoms with Gasteiger partial charge in [0.1, 0.15) is 11.0 Å². The molecule has 0 spiro atoms. The summed E-state index contributed by atoms with van der Waals surface area (Å²) in [6, 6.07) is 14.3. The molecule has 0 fully saturated rings. The predicted octanol–water partition coefficient (Wildman–Crippen LogP) is 4.37. The van der Waals surface area contributed by atoms with Gasteiger partial charge in [-0.2, -0.15) is 5.10 Å². The average molecular weight is 429 g/mol. The van der Waals surface area contributed by atoms with Crippen LogP contribution in [0.4, 0.5) is 4.39 Å². The molecule has 1 heterocycles. The maximum Gasteiger partial charge on any atom is 0.256 e. The summed E-state index contributed by atoms with van der Waals surface area (Å²) < 4.78 is 14.9. The highest BCUT2D eigenvalue weighted by atomic mass is 35.5. The van der Waals surface area contributed by atoms with Crippen LogP contribution in [0.5, 0.6) is 0 Å². The number of likely N-dealkylation sites (N-methyl/N-ethyl adjacent to an activating group) is 1. The first-order chi connectivity index (χ1) is 14.3. The van der Waals surface area contributed by atoms with Gasteiger partial charge in [0.2, 0.25) is 0 Å². The van der Waals surface area contributed by atoms with Gasteiger partial charge in [-0.3, -0.25) is 4.79 Å². The summed E-state index contributed by atoms with van der Waals surface area (Å²) >= 11 is 6.51. The number of nitrogens with one attached hydrogen (secondary N) is 1. The van der Waals surface area contributed by atoms with Crippen molar-refractivity contribution in [2.75, 3.05) is 20.6 Å². The summed E-state index contributed by atoms with van der Waals surface area (Å²) in [5, 5.41) is 7.71. The Morgan fingerprint density at radius 1 is 1.13 bits per heavy atom. The van der Waals surface area contributed by atoms with Crippen molar-refractivity contribution in [2.45, 2.75) is 26.4 Å². The number of amides is 1. The van der Waals surface area contributed by atoms with Crippen LogP contribution in [0.15, 0.2) is 48.5 Å². The van der Waals surface area contributed by atoms with E-state index >= 15 is 0 Å². The molecule has 0 aliphatic heterocycles. The fourth-order valence-corrected chi connectivity index (χ4v) is 3.66. The Labute approximate surface area is 181 Å². The number of aryl methyl sites for hydroxylation is 2. The van der Waals surface area contributed by atoms with Crippen LogP contribution < -0.4 is 5.32 Å². The van der Waals surface area contributed by atoms with Crippen LogP contribution in [-0.4, -0.2) is 41.2 Å². The van der Waals surface area contributed by atoms with Crippen molar-refractivity contribution in [3.8, 4) is 0 Å². The molecular weight excluding hydrogens is 403 g/mol. The van der Waals surface area contributed by atoms with Crippen LogP contribution in [0.1, 0.15) is 38.8 Å². The van der Waals surface area contributed by atoms with E-state index in [1.54, 1.807) is 23.7 Å². The molecule has 0 radical (unpaired) electrons. The van der Waals surface area contributed by atoms with Crippen LogP contribution in [0, 0.1) is 19.7 Å². The average Bonchev–Trinajstić information content (AvgIpc) is 2.98. The SMILES string of the molecule is Cc1ccc(Cn2nc(C)c(C(=O)NCC(c3ccc(F)cc3)N(C)C)c2Cl)cc1. The summed E-state index contributed by atoms with van der Waals surface area (Å²) in [5.41, 5.74) is 4.10. The van der Waals surface area contributed by atoms with E-state index in [1.165, 1.54) is 17.7 Å². The second kappa shape index (κ2) is 9.41. The third kappa shape index (κ3) is 5.07. The fourth-order valence-electron chi connectivity index (χ4n) is 3.34. The van der Waals surface area contributed by atoms with Crippen molar-refractivity contribution < 1.29 is 9.18 Å². The second-order valence-corrected chi connectivity index (χ2v) is 7.99. The minimum atomic E-state index is -0.288. The molecule has 3 aromatic rings. The van der Waals surface area contributed by atoms with Gasteiger partial charge in [0, 0.05) is 6.54 Å². The molecule has 7 heteroatoms. The van der Waals surface area contributed by atoms with Gasteiger partial charge in [-0.25, -0.2) is 9.07 Å². The standard InChI is InChI=1S/C23H26ClFN4O/c1-15-5-7-17(8-6-15)14-29-22(24)21(16(2)27-29)23(30)26-13-20(28(3)4)18-9-11-19(25)12-10-18/h5-12,20H,13-14H2,1-4H3,(H,26,30). The van der Waals surface area contributed by atoms with Crippen molar-refractivity contribution in [3.05, 3.63) is 87.4 Å². The van der Waals surface area contributed by atoms with Gasteiger partial charge >= 0.3 is 0 Å². The van der Waals surface area contributed by atoms with E-state index in [0.29, 0.717) is 29.5 Å². The third-order valence-electron chi connectivity index (χ3n) is 5.08.